The molecule has 0 bridgehead atoms. The molecule has 3 aromatic rings. The molecule has 0 spiro atoms. The summed E-state index contributed by atoms with van der Waals surface area (Å²) in [5.74, 6) is -0.394. The number of aromatic nitrogens is 2. The second-order valence-electron chi connectivity index (χ2n) is 6.90. The largest absolute Gasteiger partial charge is 0.343 e. The molecule has 1 saturated heterocycles. The minimum atomic E-state index is -0.629. The van der Waals surface area contributed by atoms with Crippen LogP contribution in [0.3, 0.4) is 0 Å². The van der Waals surface area contributed by atoms with Crippen LogP contribution in [0.1, 0.15) is 12.5 Å². The van der Waals surface area contributed by atoms with Gasteiger partial charge < -0.3 is 10.6 Å². The Bertz CT molecular complexity index is 1070. The highest BCUT2D eigenvalue weighted by Gasteiger charge is 2.32. The molecule has 0 saturated carbocycles. The van der Waals surface area contributed by atoms with E-state index in [1.54, 1.807) is 24.4 Å². The maximum absolute atomic E-state index is 13.8. The van der Waals surface area contributed by atoms with Crippen molar-refractivity contribution in [3.63, 3.8) is 0 Å². The zero-order valence-electron chi connectivity index (χ0n) is 15.9. The number of carbonyl (C=O) groups is 2. The predicted octanol–water partition coefficient (Wildman–Crippen LogP) is 2.98. The number of fused-ring (bicyclic) bond motifs is 1. The number of halogens is 1. The first-order valence-electron chi connectivity index (χ1n) is 9.47. The van der Waals surface area contributed by atoms with Crippen molar-refractivity contribution in [2.45, 2.75) is 31.2 Å². The van der Waals surface area contributed by atoms with E-state index in [4.69, 9.17) is 0 Å². The first kappa shape index (κ1) is 19.4. The number of anilines is 1. The quantitative estimate of drug-likeness (QED) is 0.676. The molecule has 2 aromatic carbocycles. The molecule has 6 nitrogen and oxygen atoms in total. The number of nitrogens with one attached hydrogen (secondary N) is 2. The van der Waals surface area contributed by atoms with Gasteiger partial charge in [0.1, 0.15) is 11.9 Å². The summed E-state index contributed by atoms with van der Waals surface area (Å²) in [6.45, 7) is 2.74. The number of thioether (sulfide) groups is 1. The SMILES string of the molecule is CCn1ncc2ccc(NC(=O)[C@@H]3CS[C@@H](Cc4ccccc4F)C(=O)N3)cc21. The molecule has 2 amide bonds. The Balaban J connectivity index is 1.39. The summed E-state index contributed by atoms with van der Waals surface area (Å²) < 4.78 is 15.7. The minimum absolute atomic E-state index is 0.246. The van der Waals surface area contributed by atoms with Gasteiger partial charge in [-0.15, -0.1) is 11.8 Å². The summed E-state index contributed by atoms with van der Waals surface area (Å²) in [6, 6.07) is 11.4. The van der Waals surface area contributed by atoms with E-state index < -0.39 is 11.3 Å². The van der Waals surface area contributed by atoms with Crippen LogP contribution in [-0.2, 0) is 22.6 Å². The van der Waals surface area contributed by atoms with E-state index in [-0.39, 0.29) is 17.6 Å². The van der Waals surface area contributed by atoms with Gasteiger partial charge >= 0.3 is 0 Å². The Hall–Kier alpha value is -2.87. The van der Waals surface area contributed by atoms with E-state index >= 15 is 0 Å². The van der Waals surface area contributed by atoms with Gasteiger partial charge in [-0.3, -0.25) is 14.3 Å². The van der Waals surface area contributed by atoms with Gasteiger partial charge in [0, 0.05) is 23.4 Å². The van der Waals surface area contributed by atoms with Crippen molar-refractivity contribution in [3.8, 4) is 0 Å². The Kier molecular flexibility index (Phi) is 5.53. The molecule has 1 aliphatic heterocycles. The van der Waals surface area contributed by atoms with Gasteiger partial charge in [0.25, 0.3) is 0 Å². The van der Waals surface area contributed by atoms with E-state index in [1.807, 2.05) is 29.8 Å². The molecule has 1 aromatic heterocycles. The lowest BCUT2D eigenvalue weighted by atomic mass is 10.1. The monoisotopic (exact) mass is 412 g/mol. The van der Waals surface area contributed by atoms with Crippen LogP contribution >= 0.6 is 11.8 Å². The first-order valence-corrected chi connectivity index (χ1v) is 10.5. The van der Waals surface area contributed by atoms with Crippen molar-refractivity contribution in [2.24, 2.45) is 0 Å². The fourth-order valence-electron chi connectivity index (χ4n) is 3.38. The number of benzene rings is 2. The van der Waals surface area contributed by atoms with Gasteiger partial charge in [-0.1, -0.05) is 18.2 Å². The summed E-state index contributed by atoms with van der Waals surface area (Å²) in [6.07, 6.45) is 2.09. The molecule has 1 fully saturated rings. The van der Waals surface area contributed by atoms with Gasteiger partial charge in [0.2, 0.25) is 11.8 Å². The maximum atomic E-state index is 13.8. The number of nitrogens with zero attached hydrogens (tertiary/aromatic N) is 2. The smallest absolute Gasteiger partial charge is 0.247 e. The molecule has 0 aliphatic carbocycles. The predicted molar refractivity (Wildman–Crippen MR) is 112 cm³/mol. The molecule has 4 rings (SSSR count). The number of aryl methyl sites for hydroxylation is 1. The fourth-order valence-corrected chi connectivity index (χ4v) is 4.56. The number of hydrogen-bond acceptors (Lipinski definition) is 4. The average Bonchev–Trinajstić information content (AvgIpc) is 3.13. The van der Waals surface area contributed by atoms with Crippen LogP contribution in [-0.4, -0.2) is 38.6 Å². The van der Waals surface area contributed by atoms with E-state index in [9.17, 15) is 14.0 Å². The molecule has 1 aliphatic rings. The maximum Gasteiger partial charge on any atom is 0.247 e. The van der Waals surface area contributed by atoms with E-state index in [1.165, 1.54) is 17.8 Å². The fraction of sp³-hybridized carbons (Fsp3) is 0.286. The van der Waals surface area contributed by atoms with Crippen molar-refractivity contribution < 1.29 is 14.0 Å². The van der Waals surface area contributed by atoms with Gasteiger partial charge in [-0.25, -0.2) is 4.39 Å². The zero-order chi connectivity index (χ0) is 20.4. The van der Waals surface area contributed by atoms with E-state index in [2.05, 4.69) is 15.7 Å². The number of hydrogen-bond donors (Lipinski definition) is 2. The van der Waals surface area contributed by atoms with Crippen LogP contribution in [0.5, 0.6) is 0 Å². The molecule has 2 N–H and O–H groups in total. The molecule has 2 atom stereocenters. The highest BCUT2D eigenvalue weighted by molar-refractivity contribution is 8.00. The van der Waals surface area contributed by atoms with Gasteiger partial charge in [-0.2, -0.15) is 5.10 Å². The summed E-state index contributed by atoms with van der Waals surface area (Å²) in [5.41, 5.74) is 2.10. The molecular formula is C21H21FN4O2S. The van der Waals surface area contributed by atoms with Crippen LogP contribution in [0.15, 0.2) is 48.7 Å². The van der Waals surface area contributed by atoms with Crippen LogP contribution in [0.4, 0.5) is 10.1 Å². The molecule has 0 unspecified atom stereocenters. The van der Waals surface area contributed by atoms with Crippen molar-refractivity contribution in [2.75, 3.05) is 11.1 Å². The van der Waals surface area contributed by atoms with Gasteiger partial charge in [0.05, 0.1) is 17.0 Å². The standard InChI is InChI=1S/C21H21FN4O2S/c1-2-26-18-10-15(8-7-14(18)11-23-26)24-20(27)17-12-29-19(21(28)25-17)9-13-5-3-4-6-16(13)22/h3-8,10-11,17,19H,2,9,12H2,1H3,(H,24,27)(H,25,28)/t17-,19-/m0/s1. The van der Waals surface area contributed by atoms with Crippen LogP contribution in [0, 0.1) is 5.82 Å². The first-order chi connectivity index (χ1) is 14.0. The van der Waals surface area contributed by atoms with Crippen molar-refractivity contribution >= 4 is 40.2 Å². The van der Waals surface area contributed by atoms with Gasteiger partial charge in [0.15, 0.2) is 0 Å². The highest BCUT2D eigenvalue weighted by atomic mass is 32.2. The third kappa shape index (κ3) is 4.12. The average molecular weight is 412 g/mol. The second kappa shape index (κ2) is 8.24. The molecule has 8 heteroatoms. The van der Waals surface area contributed by atoms with Crippen molar-refractivity contribution in [1.82, 2.24) is 15.1 Å². The Labute approximate surface area is 171 Å². The van der Waals surface area contributed by atoms with Crippen LogP contribution in [0.2, 0.25) is 0 Å². The van der Waals surface area contributed by atoms with E-state index in [0.29, 0.717) is 23.4 Å². The van der Waals surface area contributed by atoms with Crippen LogP contribution < -0.4 is 10.6 Å². The molecule has 0 radical (unpaired) electrons. The summed E-state index contributed by atoms with van der Waals surface area (Å²) >= 11 is 1.38. The molecule has 29 heavy (non-hydrogen) atoms. The third-order valence-electron chi connectivity index (χ3n) is 4.96. The van der Waals surface area contributed by atoms with Crippen molar-refractivity contribution in [1.29, 1.82) is 0 Å². The number of carbonyl (C=O) groups excluding carboxylic acids is 2. The van der Waals surface area contributed by atoms with Crippen LogP contribution in [0.25, 0.3) is 10.9 Å². The molecule has 150 valence electrons. The second-order valence-corrected chi connectivity index (χ2v) is 8.14. The lowest BCUT2D eigenvalue weighted by Crippen LogP contribution is -2.52. The Morgan fingerprint density at radius 1 is 1.34 bits per heavy atom. The molecular weight excluding hydrogens is 391 g/mol. The van der Waals surface area contributed by atoms with Crippen molar-refractivity contribution in [3.05, 3.63) is 60.0 Å². The minimum Gasteiger partial charge on any atom is -0.343 e. The number of amides is 2. The summed E-state index contributed by atoms with van der Waals surface area (Å²) in [7, 11) is 0. The zero-order valence-corrected chi connectivity index (χ0v) is 16.7. The lowest BCUT2D eigenvalue weighted by molar-refractivity contribution is -0.126. The molecule has 2 heterocycles. The normalized spacial score (nSPS) is 19.2. The Morgan fingerprint density at radius 3 is 2.93 bits per heavy atom. The highest BCUT2D eigenvalue weighted by Crippen LogP contribution is 2.24. The number of rotatable bonds is 5. The third-order valence-corrected chi connectivity index (χ3v) is 6.27. The summed E-state index contributed by atoms with van der Waals surface area (Å²) in [4.78, 5) is 25.1. The van der Waals surface area contributed by atoms with Gasteiger partial charge in [-0.05, 0) is 43.2 Å². The lowest BCUT2D eigenvalue weighted by Gasteiger charge is -2.28. The topological polar surface area (TPSA) is 76.0 Å². The van der Waals surface area contributed by atoms with E-state index in [0.717, 1.165) is 17.4 Å². The Morgan fingerprint density at radius 2 is 2.17 bits per heavy atom. The summed E-state index contributed by atoms with van der Waals surface area (Å²) in [5, 5.41) is 10.5.